The van der Waals surface area contributed by atoms with Gasteiger partial charge >= 0.3 is 6.18 Å². The Bertz CT molecular complexity index is 1550. The molecule has 6 rings (SSSR count). The summed E-state index contributed by atoms with van der Waals surface area (Å²) in [5, 5.41) is 0. The van der Waals surface area contributed by atoms with Crippen LogP contribution in [-0.4, -0.2) is 50.2 Å². The number of halogens is 3. The number of ether oxygens (including phenoxy) is 2. The molecule has 12 heteroatoms. The van der Waals surface area contributed by atoms with Crippen molar-refractivity contribution >= 4 is 11.7 Å². The smallest absolute Gasteiger partial charge is 0.434 e. The number of carbonyl (C=O) groups is 1. The molecule has 4 aromatic rings. The van der Waals surface area contributed by atoms with Crippen LogP contribution in [0.1, 0.15) is 23.2 Å². The number of nitrogens with zero attached hydrogens (tertiary/aromatic N) is 6. The first-order valence-electron chi connectivity index (χ1n) is 12.8. The second-order valence-electron chi connectivity index (χ2n) is 9.85. The molecule has 2 aliphatic heterocycles. The van der Waals surface area contributed by atoms with Crippen LogP contribution >= 0.6 is 0 Å². The van der Waals surface area contributed by atoms with E-state index in [0.29, 0.717) is 53.3 Å². The van der Waals surface area contributed by atoms with Crippen LogP contribution in [0, 0.1) is 5.92 Å². The van der Waals surface area contributed by atoms with E-state index in [1.165, 1.54) is 11.6 Å². The van der Waals surface area contributed by atoms with E-state index in [9.17, 15) is 18.0 Å². The SMILES string of the molecule is Cn1cc(C(F)(F)F)nc1-c1ccc(CN2C(=O)Cc3cnc(-c4cccnc4OCC4CCOC4)nc32)cc1. The van der Waals surface area contributed by atoms with Crippen molar-refractivity contribution in [2.24, 2.45) is 13.0 Å². The first kappa shape index (κ1) is 25.9. The van der Waals surface area contributed by atoms with Crippen LogP contribution in [0.25, 0.3) is 22.8 Å². The summed E-state index contributed by atoms with van der Waals surface area (Å²) < 4.78 is 52.0. The van der Waals surface area contributed by atoms with Gasteiger partial charge < -0.3 is 14.0 Å². The highest BCUT2D eigenvalue weighted by Gasteiger charge is 2.35. The van der Waals surface area contributed by atoms with E-state index in [1.54, 1.807) is 47.6 Å². The van der Waals surface area contributed by atoms with E-state index in [4.69, 9.17) is 14.5 Å². The zero-order valence-electron chi connectivity index (χ0n) is 21.6. The summed E-state index contributed by atoms with van der Waals surface area (Å²) in [7, 11) is 1.52. The fraction of sp³-hybridized carbons (Fsp3) is 0.321. The van der Waals surface area contributed by atoms with Gasteiger partial charge in [0, 0.05) is 49.3 Å². The second kappa shape index (κ2) is 10.3. The Morgan fingerprint density at radius 3 is 2.67 bits per heavy atom. The van der Waals surface area contributed by atoms with Gasteiger partial charge in [-0.1, -0.05) is 24.3 Å². The Kier molecular flexibility index (Phi) is 6.70. The van der Waals surface area contributed by atoms with Gasteiger partial charge in [0.15, 0.2) is 11.5 Å². The Morgan fingerprint density at radius 2 is 1.95 bits per heavy atom. The molecule has 0 N–H and O–H groups in total. The fourth-order valence-electron chi connectivity index (χ4n) is 4.83. The highest BCUT2D eigenvalue weighted by molar-refractivity contribution is 6.00. The lowest BCUT2D eigenvalue weighted by Gasteiger charge is -2.18. The van der Waals surface area contributed by atoms with E-state index in [-0.39, 0.29) is 24.7 Å². The predicted molar refractivity (Wildman–Crippen MR) is 138 cm³/mol. The largest absolute Gasteiger partial charge is 0.477 e. The highest BCUT2D eigenvalue weighted by Crippen LogP contribution is 2.34. The van der Waals surface area contributed by atoms with E-state index in [0.717, 1.165) is 24.8 Å². The van der Waals surface area contributed by atoms with Crippen LogP contribution in [0.15, 0.2) is 55.0 Å². The maximum Gasteiger partial charge on any atom is 0.434 e. The zero-order chi connectivity index (χ0) is 27.9. The van der Waals surface area contributed by atoms with Gasteiger partial charge in [0.05, 0.1) is 31.7 Å². The first-order chi connectivity index (χ1) is 19.3. The summed E-state index contributed by atoms with van der Waals surface area (Å²) in [4.78, 5) is 31.8. The van der Waals surface area contributed by atoms with Gasteiger partial charge in [-0.05, 0) is 24.1 Å². The van der Waals surface area contributed by atoms with Crippen molar-refractivity contribution in [3.8, 4) is 28.7 Å². The molecule has 0 radical (unpaired) electrons. The third kappa shape index (κ3) is 5.14. The number of pyridine rings is 1. The first-order valence-corrected chi connectivity index (χ1v) is 12.8. The number of benzene rings is 1. The van der Waals surface area contributed by atoms with Crippen molar-refractivity contribution in [3.63, 3.8) is 0 Å². The van der Waals surface area contributed by atoms with Crippen LogP contribution in [0.3, 0.4) is 0 Å². The molecule has 5 heterocycles. The van der Waals surface area contributed by atoms with Crippen LogP contribution in [0.5, 0.6) is 5.88 Å². The van der Waals surface area contributed by atoms with E-state index in [2.05, 4.69) is 15.0 Å². The molecular formula is C28H25F3N6O3. The molecule has 40 heavy (non-hydrogen) atoms. The Morgan fingerprint density at radius 1 is 1.12 bits per heavy atom. The Hall–Kier alpha value is -4.32. The average Bonchev–Trinajstić information content (AvgIpc) is 3.67. The molecule has 0 spiro atoms. The minimum atomic E-state index is -4.52. The fourth-order valence-corrected chi connectivity index (χ4v) is 4.83. The van der Waals surface area contributed by atoms with Crippen molar-refractivity contribution in [2.75, 3.05) is 24.7 Å². The number of aryl methyl sites for hydroxylation is 1. The van der Waals surface area contributed by atoms with Gasteiger partial charge in [0.25, 0.3) is 0 Å². The Labute approximate surface area is 227 Å². The molecule has 0 bridgehead atoms. The molecule has 206 valence electrons. The minimum absolute atomic E-state index is 0.117. The topological polar surface area (TPSA) is 95.3 Å². The lowest BCUT2D eigenvalue weighted by atomic mass is 10.1. The van der Waals surface area contributed by atoms with Gasteiger partial charge in [0.2, 0.25) is 11.8 Å². The third-order valence-electron chi connectivity index (χ3n) is 6.95. The van der Waals surface area contributed by atoms with Gasteiger partial charge in [-0.2, -0.15) is 13.2 Å². The molecule has 1 fully saturated rings. The summed E-state index contributed by atoms with van der Waals surface area (Å²) in [6, 6.07) is 10.5. The van der Waals surface area contributed by atoms with E-state index in [1.807, 2.05) is 6.07 Å². The van der Waals surface area contributed by atoms with Crippen LogP contribution < -0.4 is 9.64 Å². The lowest BCUT2D eigenvalue weighted by molar-refractivity contribution is -0.140. The van der Waals surface area contributed by atoms with Crippen molar-refractivity contribution in [1.29, 1.82) is 0 Å². The van der Waals surface area contributed by atoms with Crippen LogP contribution in [-0.2, 0) is 35.7 Å². The zero-order valence-corrected chi connectivity index (χ0v) is 21.6. The predicted octanol–water partition coefficient (Wildman–Crippen LogP) is 4.46. The maximum atomic E-state index is 13.1. The summed E-state index contributed by atoms with van der Waals surface area (Å²) in [5.41, 5.74) is 1.72. The molecule has 3 aromatic heterocycles. The number of aromatic nitrogens is 5. The molecule has 1 atom stereocenters. The molecule has 0 saturated carbocycles. The number of hydrogen-bond acceptors (Lipinski definition) is 7. The molecule has 2 aliphatic rings. The normalized spacial score (nSPS) is 16.9. The third-order valence-corrected chi connectivity index (χ3v) is 6.95. The molecule has 1 unspecified atom stereocenters. The Balaban J connectivity index is 1.22. The standard InChI is InChI=1S/C28H25F3N6O3/c1-36-14-22(28(29,30)31)34-25(36)19-6-4-17(5-7-19)13-37-23(38)11-20-12-33-24(35-26(20)37)21-3-2-9-32-27(21)40-16-18-8-10-39-15-18/h2-7,9,12,14,18H,8,10-11,13,15-16H2,1H3. The summed E-state index contributed by atoms with van der Waals surface area (Å²) >= 11 is 0. The van der Waals surface area contributed by atoms with Crippen molar-refractivity contribution in [2.45, 2.75) is 25.6 Å². The number of alkyl halides is 3. The lowest BCUT2D eigenvalue weighted by Crippen LogP contribution is -2.26. The summed E-state index contributed by atoms with van der Waals surface area (Å²) in [6.07, 6.45) is 0.854. The van der Waals surface area contributed by atoms with Crippen LogP contribution in [0.4, 0.5) is 19.0 Å². The van der Waals surface area contributed by atoms with Crippen molar-refractivity contribution in [1.82, 2.24) is 24.5 Å². The average molecular weight is 551 g/mol. The quantitative estimate of drug-likeness (QED) is 0.335. The van der Waals surface area contributed by atoms with Crippen LogP contribution in [0.2, 0.25) is 0 Å². The van der Waals surface area contributed by atoms with Gasteiger partial charge in [-0.3, -0.25) is 9.69 Å². The number of hydrogen-bond donors (Lipinski definition) is 0. The number of imidazole rings is 1. The number of fused-ring (bicyclic) bond motifs is 1. The second-order valence-corrected chi connectivity index (χ2v) is 9.85. The number of amides is 1. The van der Waals surface area contributed by atoms with E-state index >= 15 is 0 Å². The van der Waals surface area contributed by atoms with Gasteiger partial charge in [-0.15, -0.1) is 0 Å². The molecule has 1 saturated heterocycles. The maximum absolute atomic E-state index is 13.1. The minimum Gasteiger partial charge on any atom is -0.477 e. The monoisotopic (exact) mass is 550 g/mol. The molecule has 1 amide bonds. The van der Waals surface area contributed by atoms with Crippen molar-refractivity contribution < 1.29 is 27.4 Å². The molecular weight excluding hydrogens is 525 g/mol. The number of carbonyl (C=O) groups excluding carboxylic acids is 1. The summed E-state index contributed by atoms with van der Waals surface area (Å²) in [5.74, 6) is 1.72. The van der Waals surface area contributed by atoms with Crippen molar-refractivity contribution in [3.05, 3.63) is 71.8 Å². The van der Waals surface area contributed by atoms with Gasteiger partial charge in [0.1, 0.15) is 11.6 Å². The number of rotatable bonds is 7. The highest BCUT2D eigenvalue weighted by atomic mass is 19.4. The number of anilines is 1. The molecule has 1 aromatic carbocycles. The molecule has 0 aliphatic carbocycles. The van der Waals surface area contributed by atoms with Gasteiger partial charge in [-0.25, -0.2) is 19.9 Å². The van der Waals surface area contributed by atoms with E-state index < -0.39 is 11.9 Å². The summed E-state index contributed by atoms with van der Waals surface area (Å²) in [6.45, 7) is 2.11. The molecule has 9 nitrogen and oxygen atoms in total.